The van der Waals surface area contributed by atoms with Crippen LogP contribution in [-0.2, 0) is 16.4 Å². The molecule has 2 heterocycles. The second-order valence-electron chi connectivity index (χ2n) is 7.43. The van der Waals surface area contributed by atoms with Crippen molar-refractivity contribution >= 4 is 20.9 Å². The number of para-hydroxylation sites is 1. The molecule has 1 N–H and O–H groups in total. The Kier molecular flexibility index (Phi) is 4.16. The summed E-state index contributed by atoms with van der Waals surface area (Å²) >= 11 is 0. The highest BCUT2D eigenvalue weighted by Crippen LogP contribution is 2.41. The molecule has 136 valence electrons. The number of fused-ring (bicyclic) bond motifs is 3. The standard InChI is InChI=1S/C21H24N2O2S/c1-14(2)21-20-18(17-6-4-5-7-19(17)22-20)12-13-23(21)26(24,25)16-10-8-15(3)9-11-16/h4-11,14,21-22H,12-13H2,1-3H3/t21-/m1/s1. The van der Waals surface area contributed by atoms with Crippen LogP contribution in [0.3, 0.4) is 0 Å². The van der Waals surface area contributed by atoms with E-state index in [0.29, 0.717) is 11.4 Å². The van der Waals surface area contributed by atoms with Gasteiger partial charge in [0.25, 0.3) is 0 Å². The van der Waals surface area contributed by atoms with Crippen LogP contribution in [0, 0.1) is 12.8 Å². The normalized spacial score (nSPS) is 18.4. The van der Waals surface area contributed by atoms with Gasteiger partial charge in [-0.25, -0.2) is 8.42 Å². The van der Waals surface area contributed by atoms with E-state index in [-0.39, 0.29) is 12.0 Å². The molecule has 2 aromatic carbocycles. The Balaban J connectivity index is 1.84. The predicted molar refractivity (Wildman–Crippen MR) is 105 cm³/mol. The summed E-state index contributed by atoms with van der Waals surface area (Å²) in [5.74, 6) is 0.169. The first-order valence-corrected chi connectivity index (χ1v) is 10.5. The maximum atomic E-state index is 13.4. The van der Waals surface area contributed by atoms with Crippen molar-refractivity contribution in [1.29, 1.82) is 0 Å². The van der Waals surface area contributed by atoms with Gasteiger partial charge in [0.05, 0.1) is 10.9 Å². The summed E-state index contributed by atoms with van der Waals surface area (Å²) < 4.78 is 28.4. The van der Waals surface area contributed by atoms with Crippen molar-refractivity contribution < 1.29 is 8.42 Å². The topological polar surface area (TPSA) is 53.2 Å². The molecule has 1 aliphatic rings. The van der Waals surface area contributed by atoms with Crippen molar-refractivity contribution in [3.05, 3.63) is 65.4 Å². The summed E-state index contributed by atoms with van der Waals surface area (Å²) in [6.07, 6.45) is 0.730. The van der Waals surface area contributed by atoms with E-state index in [1.165, 1.54) is 10.9 Å². The van der Waals surface area contributed by atoms with Crippen LogP contribution in [0.25, 0.3) is 10.9 Å². The number of benzene rings is 2. The molecular formula is C21H24N2O2S. The first-order chi connectivity index (χ1) is 12.4. The summed E-state index contributed by atoms with van der Waals surface area (Å²) in [5.41, 5.74) is 4.44. The van der Waals surface area contributed by atoms with Gasteiger partial charge in [-0.2, -0.15) is 4.31 Å². The van der Waals surface area contributed by atoms with Gasteiger partial charge in [-0.1, -0.05) is 49.7 Å². The van der Waals surface area contributed by atoms with Crippen molar-refractivity contribution in [2.75, 3.05) is 6.54 Å². The molecule has 1 aromatic heterocycles. The summed E-state index contributed by atoms with van der Waals surface area (Å²) in [7, 11) is -3.54. The molecule has 4 nitrogen and oxygen atoms in total. The Morgan fingerprint density at radius 3 is 2.46 bits per heavy atom. The number of aryl methyl sites for hydroxylation is 1. The van der Waals surface area contributed by atoms with Crippen LogP contribution in [0.2, 0.25) is 0 Å². The van der Waals surface area contributed by atoms with E-state index in [1.807, 2.05) is 31.2 Å². The van der Waals surface area contributed by atoms with Crippen LogP contribution in [0.4, 0.5) is 0 Å². The van der Waals surface area contributed by atoms with Gasteiger partial charge in [0, 0.05) is 23.1 Å². The predicted octanol–water partition coefficient (Wildman–Crippen LogP) is 4.42. The Morgan fingerprint density at radius 2 is 1.77 bits per heavy atom. The van der Waals surface area contributed by atoms with E-state index in [4.69, 9.17) is 0 Å². The van der Waals surface area contributed by atoms with Gasteiger partial charge in [0.2, 0.25) is 10.0 Å². The van der Waals surface area contributed by atoms with Crippen LogP contribution in [0.1, 0.15) is 36.7 Å². The first-order valence-electron chi connectivity index (χ1n) is 9.07. The average Bonchev–Trinajstić information content (AvgIpc) is 2.99. The zero-order chi connectivity index (χ0) is 18.5. The fourth-order valence-corrected chi connectivity index (χ4v) is 5.76. The van der Waals surface area contributed by atoms with E-state index >= 15 is 0 Å². The molecule has 0 bridgehead atoms. The minimum absolute atomic E-state index is 0.169. The van der Waals surface area contributed by atoms with Crippen molar-refractivity contribution in [2.24, 2.45) is 5.92 Å². The van der Waals surface area contributed by atoms with E-state index in [1.54, 1.807) is 16.4 Å². The highest BCUT2D eigenvalue weighted by molar-refractivity contribution is 7.89. The summed E-state index contributed by atoms with van der Waals surface area (Å²) in [6, 6.07) is 15.2. The quantitative estimate of drug-likeness (QED) is 0.744. The third-order valence-corrected chi connectivity index (χ3v) is 7.19. The fraction of sp³-hybridized carbons (Fsp3) is 0.333. The Morgan fingerprint density at radius 1 is 1.08 bits per heavy atom. The minimum Gasteiger partial charge on any atom is -0.357 e. The number of hydrogen-bond acceptors (Lipinski definition) is 2. The molecule has 0 fully saturated rings. The lowest BCUT2D eigenvalue weighted by Crippen LogP contribution is -2.42. The SMILES string of the molecule is Cc1ccc(S(=O)(=O)N2CCc3c([nH]c4ccccc34)[C@H]2C(C)C)cc1. The lowest BCUT2D eigenvalue weighted by molar-refractivity contribution is 0.244. The van der Waals surface area contributed by atoms with Gasteiger partial charge < -0.3 is 4.98 Å². The van der Waals surface area contributed by atoms with Gasteiger partial charge >= 0.3 is 0 Å². The molecule has 0 unspecified atom stereocenters. The van der Waals surface area contributed by atoms with Crippen molar-refractivity contribution in [1.82, 2.24) is 9.29 Å². The number of H-pyrrole nitrogens is 1. The second-order valence-corrected chi connectivity index (χ2v) is 9.32. The fourth-order valence-electron chi connectivity index (χ4n) is 4.03. The third-order valence-electron chi connectivity index (χ3n) is 5.29. The highest BCUT2D eigenvalue weighted by atomic mass is 32.2. The average molecular weight is 369 g/mol. The third kappa shape index (κ3) is 2.66. The van der Waals surface area contributed by atoms with E-state index in [0.717, 1.165) is 23.2 Å². The maximum absolute atomic E-state index is 13.4. The van der Waals surface area contributed by atoms with Crippen LogP contribution >= 0.6 is 0 Å². The van der Waals surface area contributed by atoms with Crippen molar-refractivity contribution in [3.63, 3.8) is 0 Å². The molecule has 0 amide bonds. The number of nitrogens with one attached hydrogen (secondary N) is 1. The zero-order valence-electron chi connectivity index (χ0n) is 15.4. The zero-order valence-corrected chi connectivity index (χ0v) is 16.2. The summed E-state index contributed by atoms with van der Waals surface area (Å²) in [6.45, 7) is 6.64. The number of aromatic amines is 1. The summed E-state index contributed by atoms with van der Waals surface area (Å²) in [5, 5.41) is 1.21. The minimum atomic E-state index is -3.54. The van der Waals surface area contributed by atoms with E-state index in [2.05, 4.69) is 31.0 Å². The van der Waals surface area contributed by atoms with Gasteiger partial charge in [0.1, 0.15) is 0 Å². The number of hydrogen-bond donors (Lipinski definition) is 1. The Hall–Kier alpha value is -2.11. The Bertz CT molecular complexity index is 1050. The smallest absolute Gasteiger partial charge is 0.243 e. The van der Waals surface area contributed by atoms with Crippen LogP contribution < -0.4 is 0 Å². The molecule has 0 saturated carbocycles. The van der Waals surface area contributed by atoms with Gasteiger partial charge in [0.15, 0.2) is 0 Å². The van der Waals surface area contributed by atoms with E-state index in [9.17, 15) is 8.42 Å². The molecule has 0 saturated heterocycles. The van der Waals surface area contributed by atoms with Crippen LogP contribution in [-0.4, -0.2) is 24.3 Å². The monoisotopic (exact) mass is 368 g/mol. The van der Waals surface area contributed by atoms with Crippen LogP contribution in [0.5, 0.6) is 0 Å². The van der Waals surface area contributed by atoms with Crippen molar-refractivity contribution in [3.8, 4) is 0 Å². The lowest BCUT2D eigenvalue weighted by Gasteiger charge is -2.37. The lowest BCUT2D eigenvalue weighted by atomic mass is 9.92. The molecule has 3 aromatic rings. The molecule has 1 aliphatic heterocycles. The number of sulfonamides is 1. The largest absolute Gasteiger partial charge is 0.357 e. The number of aromatic nitrogens is 1. The molecule has 26 heavy (non-hydrogen) atoms. The Labute approximate surface area is 154 Å². The van der Waals surface area contributed by atoms with Crippen molar-refractivity contribution in [2.45, 2.75) is 38.1 Å². The molecule has 1 atom stereocenters. The van der Waals surface area contributed by atoms with Gasteiger partial charge in [-0.3, -0.25) is 0 Å². The summed E-state index contributed by atoms with van der Waals surface area (Å²) in [4.78, 5) is 3.87. The molecule has 4 rings (SSSR count). The van der Waals surface area contributed by atoms with E-state index < -0.39 is 10.0 Å². The van der Waals surface area contributed by atoms with Crippen LogP contribution in [0.15, 0.2) is 53.4 Å². The first kappa shape index (κ1) is 17.3. The number of nitrogens with zero attached hydrogens (tertiary/aromatic N) is 1. The molecule has 0 spiro atoms. The molecule has 0 radical (unpaired) electrons. The van der Waals surface area contributed by atoms with Gasteiger partial charge in [-0.05, 0) is 43.0 Å². The maximum Gasteiger partial charge on any atom is 0.243 e. The molecular weight excluding hydrogens is 344 g/mol. The molecule has 0 aliphatic carbocycles. The van der Waals surface area contributed by atoms with Gasteiger partial charge in [-0.15, -0.1) is 0 Å². The second kappa shape index (κ2) is 6.25. The number of rotatable bonds is 3. The highest BCUT2D eigenvalue weighted by Gasteiger charge is 2.39. The molecule has 5 heteroatoms.